The number of anilines is 24. The molecule has 728 valence electrons. The Morgan fingerprint density at radius 1 is 0.329 bits per heavy atom. The summed E-state index contributed by atoms with van der Waals surface area (Å²) in [5, 5.41) is 36.0. The van der Waals surface area contributed by atoms with Gasteiger partial charge in [0.25, 0.3) is 0 Å². The van der Waals surface area contributed by atoms with E-state index < -0.39 is 11.7 Å². The third kappa shape index (κ3) is 29.3. The lowest BCUT2D eigenvalue weighted by atomic mass is 10.1. The summed E-state index contributed by atoms with van der Waals surface area (Å²) in [6.07, 6.45) is 6.96. The molecule has 12 N–H and O–H groups in total. The lowest BCUT2D eigenvalue weighted by Gasteiger charge is -2.35. The molecular formula is C103H117F5N28O4. The van der Waals surface area contributed by atoms with Gasteiger partial charge in [0.05, 0.1) is 22.6 Å². The smallest absolute Gasteiger partial charge is 0.369 e. The van der Waals surface area contributed by atoms with Crippen molar-refractivity contribution in [3.63, 3.8) is 0 Å². The monoisotopic (exact) mass is 1900 g/mol. The minimum absolute atomic E-state index is 0.0158. The Morgan fingerprint density at radius 2 is 0.607 bits per heavy atom. The van der Waals surface area contributed by atoms with Gasteiger partial charge in [-0.25, -0.2) is 28.7 Å². The molecule has 0 aliphatic carbocycles. The van der Waals surface area contributed by atoms with Gasteiger partial charge in [-0.15, -0.1) is 0 Å². The summed E-state index contributed by atoms with van der Waals surface area (Å²) in [5.74, 6) is 1.78. The summed E-state index contributed by atoms with van der Waals surface area (Å²) >= 11 is 0. The molecule has 4 saturated heterocycles. The van der Waals surface area contributed by atoms with E-state index in [1.807, 2.05) is 93.4 Å². The average Bonchev–Trinajstić information content (AvgIpc) is 0.697. The van der Waals surface area contributed by atoms with E-state index in [1.165, 1.54) is 60.5 Å². The molecule has 140 heavy (non-hydrogen) atoms. The molecule has 37 heteroatoms. The first-order valence-corrected chi connectivity index (χ1v) is 45.9. The Labute approximate surface area is 811 Å². The Kier molecular flexibility index (Phi) is 35.2. The molecule has 32 nitrogen and oxygen atoms in total. The molecule has 4 aromatic heterocycles. The third-order valence-electron chi connectivity index (χ3n) is 23.3. The first-order chi connectivity index (χ1) is 67.5. The maximum Gasteiger partial charge on any atom is 0.418 e. The molecule has 8 aromatic carbocycles. The number of aromatic nitrogens is 8. The average molecular weight is 1910 g/mol. The number of amides is 4. The number of hydrogen-bond donors (Lipinski definition) is 12. The molecule has 0 atom stereocenters. The normalized spacial score (nSPS) is 14.0. The number of alkyl halides is 3. The van der Waals surface area contributed by atoms with Crippen molar-refractivity contribution in [3.05, 3.63) is 291 Å². The number of benzene rings is 8. The van der Waals surface area contributed by atoms with E-state index in [9.17, 15) is 41.1 Å². The largest absolute Gasteiger partial charge is 0.418 e. The summed E-state index contributed by atoms with van der Waals surface area (Å²) in [6, 6.07) is 51.8. The molecule has 0 bridgehead atoms. The van der Waals surface area contributed by atoms with Crippen LogP contribution in [0.2, 0.25) is 0 Å². The number of aryl methyl sites for hydroxylation is 4. The van der Waals surface area contributed by atoms with Crippen molar-refractivity contribution in [1.29, 1.82) is 0 Å². The SMILES string of the molecule is C=CC(=O)Nc1cccc(Nc2nc(Nc3ccc(N4CCN(C)CC4)c(F)c3)ncc2C)c1.C=CC(=O)Nc1cccc(Nc2nc(Nc3ccc(N4CCN(C)CC4)cc3C(F)(F)F)ncc2C)c1.C=CC(=O)Nc1cccc(Nc2nc(Nc3ccc(N4CCN(CC)CC4)c(F)c3)ncc2C)c1.C=CC(=O)Nc1cccc(Nc2nc(Nc3ccc(N4CCN(CC)CC4)cc3)ncc2C)c1. The van der Waals surface area contributed by atoms with Gasteiger partial charge in [-0.1, -0.05) is 64.4 Å². The molecule has 0 unspecified atom stereocenters. The molecule has 0 radical (unpaired) electrons. The number of carbonyl (C=O) groups is 4. The molecule has 4 aliphatic heterocycles. The molecule has 8 heterocycles. The van der Waals surface area contributed by atoms with Gasteiger partial charge in [0.1, 0.15) is 34.9 Å². The van der Waals surface area contributed by atoms with Gasteiger partial charge in [-0.05, 0) is 231 Å². The quantitative estimate of drug-likeness (QED) is 0.0147. The van der Waals surface area contributed by atoms with E-state index in [4.69, 9.17) is 0 Å². The summed E-state index contributed by atoms with van der Waals surface area (Å²) in [5.41, 5.74) is 12.8. The molecule has 4 amide bonds. The number of halogens is 5. The zero-order valence-electron chi connectivity index (χ0n) is 79.6. The second-order valence-electron chi connectivity index (χ2n) is 33.5. The number of piperazine rings is 4. The van der Waals surface area contributed by atoms with Crippen LogP contribution in [0.15, 0.2) is 251 Å². The van der Waals surface area contributed by atoms with Crippen molar-refractivity contribution in [2.45, 2.75) is 47.7 Å². The highest BCUT2D eigenvalue weighted by Gasteiger charge is 2.35. The van der Waals surface area contributed by atoms with Crippen molar-refractivity contribution >= 4 is 162 Å². The minimum Gasteiger partial charge on any atom is -0.369 e. The molecular weight excluding hydrogens is 1790 g/mol. The highest BCUT2D eigenvalue weighted by molar-refractivity contribution is 6.01. The fraction of sp³-hybridized carbons (Fsp3) is 0.262. The molecule has 12 aromatic rings. The van der Waals surface area contributed by atoms with Gasteiger partial charge in [0.15, 0.2) is 0 Å². The zero-order valence-corrected chi connectivity index (χ0v) is 79.6. The maximum absolute atomic E-state index is 14.9. The summed E-state index contributed by atoms with van der Waals surface area (Å²) in [6.45, 7) is 42.0. The van der Waals surface area contributed by atoms with Crippen LogP contribution in [0.1, 0.15) is 41.7 Å². The lowest BCUT2D eigenvalue weighted by Crippen LogP contribution is -2.46. The highest BCUT2D eigenvalue weighted by Crippen LogP contribution is 2.40. The number of carbonyl (C=O) groups excluding carboxylic acids is 4. The van der Waals surface area contributed by atoms with Gasteiger partial charge < -0.3 is 103 Å². The number of nitrogens with one attached hydrogen (secondary N) is 12. The zero-order chi connectivity index (χ0) is 99.4. The molecule has 0 saturated carbocycles. The topological polar surface area (TPSA) is 342 Å². The van der Waals surface area contributed by atoms with E-state index in [0.717, 1.165) is 144 Å². The van der Waals surface area contributed by atoms with Gasteiger partial charge in [-0.3, -0.25) is 19.2 Å². The fourth-order valence-corrected chi connectivity index (χ4v) is 15.3. The summed E-state index contributed by atoms with van der Waals surface area (Å²) < 4.78 is 71.7. The predicted molar refractivity (Wildman–Crippen MR) is 553 cm³/mol. The first-order valence-electron chi connectivity index (χ1n) is 45.9. The Hall–Kier alpha value is -16.0. The van der Waals surface area contributed by atoms with Crippen LogP contribution in [0, 0.1) is 39.3 Å². The van der Waals surface area contributed by atoms with Gasteiger partial charge in [0.2, 0.25) is 47.4 Å². The van der Waals surface area contributed by atoms with Crippen LogP contribution in [0.5, 0.6) is 0 Å². The van der Waals surface area contributed by atoms with Gasteiger partial charge in [-0.2, -0.15) is 33.1 Å². The number of hydrogen-bond acceptors (Lipinski definition) is 28. The second-order valence-corrected chi connectivity index (χ2v) is 33.5. The van der Waals surface area contributed by atoms with Crippen LogP contribution in [-0.4, -0.2) is 215 Å². The molecule has 0 spiro atoms. The van der Waals surface area contributed by atoms with Crippen LogP contribution in [0.25, 0.3) is 0 Å². The summed E-state index contributed by atoms with van der Waals surface area (Å²) in [4.78, 5) is 99.4. The predicted octanol–water partition coefficient (Wildman–Crippen LogP) is 18.7. The Morgan fingerprint density at radius 3 is 0.929 bits per heavy atom. The van der Waals surface area contributed by atoms with Crippen LogP contribution in [0.4, 0.5) is 160 Å². The molecule has 4 aliphatic rings. The first kappa shape index (κ1) is 101. The van der Waals surface area contributed by atoms with Crippen LogP contribution in [0.3, 0.4) is 0 Å². The van der Waals surface area contributed by atoms with Gasteiger partial charge >= 0.3 is 6.18 Å². The Bertz CT molecular complexity index is 6340. The van der Waals surface area contributed by atoms with Crippen molar-refractivity contribution in [2.75, 3.05) is 215 Å². The van der Waals surface area contributed by atoms with Crippen molar-refractivity contribution in [1.82, 2.24) is 59.5 Å². The second kappa shape index (κ2) is 48.7. The molecule has 4 fully saturated rings. The van der Waals surface area contributed by atoms with E-state index in [-0.39, 0.29) is 46.9 Å². The van der Waals surface area contributed by atoms with Crippen LogP contribution >= 0.6 is 0 Å². The number of rotatable bonds is 30. The molecule has 16 rings (SSSR count). The van der Waals surface area contributed by atoms with Gasteiger partial charge in [0, 0.05) is 226 Å². The van der Waals surface area contributed by atoms with E-state index in [0.29, 0.717) is 117 Å². The highest BCUT2D eigenvalue weighted by atomic mass is 19.4. The van der Waals surface area contributed by atoms with E-state index >= 15 is 0 Å². The lowest BCUT2D eigenvalue weighted by molar-refractivity contribution is -0.137. The van der Waals surface area contributed by atoms with Crippen LogP contribution < -0.4 is 83.4 Å². The standard InChI is InChI=1S/C26H28F3N7O.C26H30FN7O.C26H31N7O.C25H28FN7O/c1-4-23(37)31-18-6-5-7-19(14-18)32-24-17(2)16-30-25(34-24)33-22-9-8-20(15-21(22)26(27,28)29)36-12-10-35(3)11-13-36;1-4-24(35)29-19-7-6-8-20(15-19)30-25-18(3)17-28-26(32-25)31-21-9-10-23(22(27)16-21)34-13-11-33(5-2)12-14-34;1-4-24(34)28-21-7-6-8-22(17-21)29-25-19(3)18-27-26(31-25)30-20-9-11-23(12-10-20)33-15-13-32(5-2)14-16-33;1-4-23(34)28-18-6-5-7-19(14-18)29-24-17(2)16-27-25(31-24)30-20-8-9-22(21(26)15-20)33-12-10-32(3)11-13-33/h4-9,14-16H,1,10-13H2,2-3H3,(H,31,37)(H2,30,32,33,34);4,6-10,15-17H,1,5,11-14H2,2-3H3,(H,29,35)(H2,28,30,31,32);4,6-12,17-18H,1,5,13-16H2,2-3H3,(H,28,34)(H2,27,29,30,31);4-9,14-16H,1,10-13H2,2-3H3,(H,28,34)(H2,27,29,30,31). The van der Waals surface area contributed by atoms with Crippen molar-refractivity contribution < 1.29 is 41.1 Å². The number of likely N-dealkylation sites (N-methyl/N-ethyl adjacent to an activating group) is 4. The van der Waals surface area contributed by atoms with Crippen molar-refractivity contribution in [2.24, 2.45) is 0 Å². The summed E-state index contributed by atoms with van der Waals surface area (Å²) in [7, 11) is 4.07. The van der Waals surface area contributed by atoms with E-state index in [1.54, 1.807) is 92.2 Å². The third-order valence-corrected chi connectivity index (χ3v) is 23.3. The van der Waals surface area contributed by atoms with E-state index in [2.05, 4.69) is 209 Å². The maximum atomic E-state index is 14.9. The minimum atomic E-state index is -4.56. The van der Waals surface area contributed by atoms with Crippen molar-refractivity contribution in [3.8, 4) is 0 Å². The van der Waals surface area contributed by atoms with Crippen LogP contribution in [-0.2, 0) is 25.4 Å². The number of nitrogens with zero attached hydrogens (tertiary/aromatic N) is 16. The Balaban J connectivity index is 0.000000157. The fourth-order valence-electron chi connectivity index (χ4n) is 15.3.